The number of rotatable bonds is 5. The second-order valence-corrected chi connectivity index (χ2v) is 6.55. The molecule has 29 heavy (non-hydrogen) atoms. The van der Waals surface area contributed by atoms with Crippen molar-refractivity contribution >= 4 is 17.4 Å². The van der Waals surface area contributed by atoms with E-state index in [1.54, 1.807) is 29.2 Å². The van der Waals surface area contributed by atoms with Crippen LogP contribution in [-0.2, 0) is 0 Å². The van der Waals surface area contributed by atoms with Gasteiger partial charge in [-0.2, -0.15) is 14.0 Å². The molecule has 0 aliphatic carbocycles. The van der Waals surface area contributed by atoms with Crippen molar-refractivity contribution in [3.05, 3.63) is 59.2 Å². The van der Waals surface area contributed by atoms with E-state index >= 15 is 0 Å². The molecule has 0 spiro atoms. The summed E-state index contributed by atoms with van der Waals surface area (Å²) in [5, 5.41) is 9.15. The highest BCUT2D eigenvalue weighted by atomic mass is 19.3. The number of benzene rings is 2. The average Bonchev–Trinajstić information content (AvgIpc) is 2.73. The van der Waals surface area contributed by atoms with Crippen molar-refractivity contribution < 1.29 is 23.1 Å². The zero-order valence-corrected chi connectivity index (χ0v) is 15.8. The molecule has 0 saturated carbocycles. The summed E-state index contributed by atoms with van der Waals surface area (Å²) in [4.78, 5) is 28.3. The van der Waals surface area contributed by atoms with Crippen molar-refractivity contribution in [2.45, 2.75) is 13.5 Å². The first-order valence-corrected chi connectivity index (χ1v) is 9.04. The lowest BCUT2D eigenvalue weighted by molar-refractivity contribution is -0.0502. The number of hydrogen-bond acceptors (Lipinski definition) is 5. The Morgan fingerprint density at radius 3 is 2.38 bits per heavy atom. The van der Waals surface area contributed by atoms with E-state index in [1.165, 1.54) is 25.1 Å². The monoisotopic (exact) mass is 399 g/mol. The van der Waals surface area contributed by atoms with Crippen LogP contribution in [0, 0.1) is 11.3 Å². The van der Waals surface area contributed by atoms with Gasteiger partial charge in [-0.3, -0.25) is 9.59 Å². The molecular weight excluding hydrogens is 380 g/mol. The van der Waals surface area contributed by atoms with Gasteiger partial charge >= 0.3 is 6.61 Å². The predicted molar refractivity (Wildman–Crippen MR) is 102 cm³/mol. The van der Waals surface area contributed by atoms with E-state index < -0.39 is 12.5 Å². The van der Waals surface area contributed by atoms with Crippen molar-refractivity contribution in [2.75, 3.05) is 31.1 Å². The number of carbonyl (C=O) groups excluding carboxylic acids is 2. The largest absolute Gasteiger partial charge is 0.434 e. The van der Waals surface area contributed by atoms with Gasteiger partial charge in [0.1, 0.15) is 5.75 Å². The summed E-state index contributed by atoms with van der Waals surface area (Å²) >= 11 is 0. The third-order valence-electron chi connectivity index (χ3n) is 4.75. The van der Waals surface area contributed by atoms with Gasteiger partial charge < -0.3 is 14.5 Å². The second kappa shape index (κ2) is 8.69. The van der Waals surface area contributed by atoms with Gasteiger partial charge in [0, 0.05) is 37.4 Å². The van der Waals surface area contributed by atoms with Crippen LogP contribution in [0.25, 0.3) is 0 Å². The lowest BCUT2D eigenvalue weighted by Gasteiger charge is -2.37. The van der Waals surface area contributed by atoms with Crippen molar-refractivity contribution in [3.8, 4) is 11.8 Å². The number of nitriles is 1. The fraction of sp³-hybridized carbons (Fsp3) is 0.286. The van der Waals surface area contributed by atoms with E-state index in [1.807, 2.05) is 4.90 Å². The van der Waals surface area contributed by atoms with E-state index in [0.29, 0.717) is 43.0 Å². The molecule has 2 aromatic rings. The number of piperazine rings is 1. The van der Waals surface area contributed by atoms with E-state index in [4.69, 9.17) is 5.26 Å². The fourth-order valence-corrected chi connectivity index (χ4v) is 3.32. The molecule has 150 valence electrons. The summed E-state index contributed by atoms with van der Waals surface area (Å²) < 4.78 is 29.7. The first-order valence-electron chi connectivity index (χ1n) is 9.04. The Morgan fingerprint density at radius 1 is 1.07 bits per heavy atom. The van der Waals surface area contributed by atoms with Crippen LogP contribution in [0.4, 0.5) is 14.5 Å². The Kier molecular flexibility index (Phi) is 6.07. The molecule has 1 amide bonds. The van der Waals surface area contributed by atoms with Crippen LogP contribution < -0.4 is 9.64 Å². The van der Waals surface area contributed by atoms with Crippen LogP contribution in [0.15, 0.2) is 42.5 Å². The van der Waals surface area contributed by atoms with Gasteiger partial charge in [-0.1, -0.05) is 12.1 Å². The van der Waals surface area contributed by atoms with Crippen LogP contribution in [0.1, 0.15) is 33.2 Å². The topological polar surface area (TPSA) is 73.6 Å². The van der Waals surface area contributed by atoms with Crippen LogP contribution >= 0.6 is 0 Å². The van der Waals surface area contributed by atoms with Gasteiger partial charge in [-0.05, 0) is 37.3 Å². The number of anilines is 1. The quantitative estimate of drug-likeness (QED) is 0.721. The predicted octanol–water partition coefficient (Wildman–Crippen LogP) is 3.32. The molecular formula is C21H19F2N3O3. The maximum atomic E-state index is 12.8. The third kappa shape index (κ3) is 4.51. The molecule has 0 bridgehead atoms. The maximum absolute atomic E-state index is 12.8. The summed E-state index contributed by atoms with van der Waals surface area (Å²) in [5.74, 6) is -0.657. The molecule has 0 radical (unpaired) electrons. The molecule has 1 heterocycles. The van der Waals surface area contributed by atoms with E-state index in [0.717, 1.165) is 0 Å². The number of para-hydroxylation sites is 1. The molecule has 0 atom stereocenters. The normalized spacial score (nSPS) is 13.9. The smallest absolute Gasteiger partial charge is 0.387 e. The van der Waals surface area contributed by atoms with E-state index in [-0.39, 0.29) is 17.1 Å². The number of amides is 1. The lowest BCUT2D eigenvalue weighted by Crippen LogP contribution is -2.49. The fourth-order valence-electron chi connectivity index (χ4n) is 3.32. The molecule has 1 aliphatic rings. The molecule has 3 rings (SSSR count). The van der Waals surface area contributed by atoms with Gasteiger partial charge in [0.05, 0.1) is 17.2 Å². The van der Waals surface area contributed by atoms with Crippen LogP contribution in [-0.4, -0.2) is 49.4 Å². The van der Waals surface area contributed by atoms with Gasteiger partial charge in [0.15, 0.2) is 5.78 Å². The summed E-state index contributed by atoms with van der Waals surface area (Å²) in [5.41, 5.74) is 1.70. The summed E-state index contributed by atoms with van der Waals surface area (Å²) in [6.07, 6.45) is 0. The summed E-state index contributed by atoms with van der Waals surface area (Å²) in [6.45, 7) is 0.0203. The zero-order valence-electron chi connectivity index (χ0n) is 15.8. The minimum atomic E-state index is -3.02. The van der Waals surface area contributed by atoms with Gasteiger partial charge in [-0.25, -0.2) is 0 Å². The highest BCUT2D eigenvalue weighted by molar-refractivity contribution is 6.00. The summed E-state index contributed by atoms with van der Waals surface area (Å²) in [6, 6.07) is 12.9. The van der Waals surface area contributed by atoms with Crippen molar-refractivity contribution in [1.29, 1.82) is 5.26 Å². The number of halogens is 2. The molecule has 0 aromatic heterocycles. The number of alkyl halides is 2. The van der Waals surface area contributed by atoms with Crippen LogP contribution in [0.2, 0.25) is 0 Å². The van der Waals surface area contributed by atoms with Gasteiger partial charge in [-0.15, -0.1) is 0 Å². The summed E-state index contributed by atoms with van der Waals surface area (Å²) in [7, 11) is 0. The van der Waals surface area contributed by atoms with Crippen molar-refractivity contribution in [1.82, 2.24) is 4.90 Å². The highest BCUT2D eigenvalue weighted by Gasteiger charge is 2.26. The molecule has 1 aliphatic heterocycles. The average molecular weight is 399 g/mol. The number of ketones is 1. The third-order valence-corrected chi connectivity index (χ3v) is 4.75. The van der Waals surface area contributed by atoms with Gasteiger partial charge in [0.2, 0.25) is 0 Å². The minimum absolute atomic E-state index is 0.0807. The highest BCUT2D eigenvalue weighted by Crippen LogP contribution is 2.26. The van der Waals surface area contributed by atoms with E-state index in [2.05, 4.69) is 10.8 Å². The van der Waals surface area contributed by atoms with Crippen molar-refractivity contribution in [3.63, 3.8) is 0 Å². The molecule has 8 heteroatoms. The number of ether oxygens (including phenoxy) is 1. The van der Waals surface area contributed by atoms with Crippen LogP contribution in [0.5, 0.6) is 5.75 Å². The molecule has 0 unspecified atom stereocenters. The minimum Gasteiger partial charge on any atom is -0.434 e. The first-order chi connectivity index (χ1) is 13.9. The Bertz CT molecular complexity index is 964. The number of hydrogen-bond donors (Lipinski definition) is 0. The van der Waals surface area contributed by atoms with Crippen molar-refractivity contribution in [2.24, 2.45) is 0 Å². The van der Waals surface area contributed by atoms with E-state index in [9.17, 15) is 18.4 Å². The number of carbonyl (C=O) groups is 2. The zero-order chi connectivity index (χ0) is 21.0. The molecule has 6 nitrogen and oxygen atoms in total. The number of nitrogens with zero attached hydrogens (tertiary/aromatic N) is 3. The Morgan fingerprint density at radius 2 is 1.76 bits per heavy atom. The lowest BCUT2D eigenvalue weighted by atomic mass is 10.0. The Balaban J connectivity index is 1.76. The van der Waals surface area contributed by atoms with Gasteiger partial charge in [0.25, 0.3) is 5.91 Å². The molecule has 2 aromatic carbocycles. The second-order valence-electron chi connectivity index (χ2n) is 6.55. The number of Topliss-reactive ketones (excluding diaryl/α,β-unsaturated/α-hetero) is 1. The maximum Gasteiger partial charge on any atom is 0.387 e. The van der Waals surface area contributed by atoms with Crippen LogP contribution in [0.3, 0.4) is 0 Å². The Hall–Kier alpha value is -3.47. The first kappa shape index (κ1) is 20.3. The standard InChI is InChI=1S/C21H19F2N3O3/c1-14(27)16-7-6-15(13-24)12-18(16)25-8-10-26(11-9-25)20(28)17-4-2-3-5-19(17)29-21(22)23/h2-7,12,21H,8-11H2,1H3. The molecule has 1 fully saturated rings. The molecule has 1 saturated heterocycles. The SMILES string of the molecule is CC(=O)c1ccc(C#N)cc1N1CCN(C(=O)c2ccccc2OC(F)F)CC1. The molecule has 0 N–H and O–H groups in total. The Labute approximate surface area is 166 Å².